The summed E-state index contributed by atoms with van der Waals surface area (Å²) in [5.41, 5.74) is 6.25. The van der Waals surface area contributed by atoms with Gasteiger partial charge in [-0.05, 0) is 43.4 Å². The number of rotatable bonds is 4. The molecule has 0 spiro atoms. The summed E-state index contributed by atoms with van der Waals surface area (Å²) in [6.45, 7) is 1.63. The molecule has 1 saturated carbocycles. The number of benzene rings is 1. The molecule has 1 aliphatic carbocycles. The highest BCUT2D eigenvalue weighted by atomic mass is 19.1. The number of hydrogen-bond donors (Lipinski definition) is 3. The topological polar surface area (TPSA) is 87.7 Å². The van der Waals surface area contributed by atoms with Crippen LogP contribution in [0.4, 0.5) is 4.39 Å². The Morgan fingerprint density at radius 3 is 2.79 bits per heavy atom. The number of amides is 1. The van der Waals surface area contributed by atoms with Crippen molar-refractivity contribution in [3.05, 3.63) is 35.1 Å². The summed E-state index contributed by atoms with van der Waals surface area (Å²) in [5.74, 6) is -0.694. The number of amidine groups is 1. The van der Waals surface area contributed by atoms with Crippen LogP contribution in [0, 0.1) is 18.7 Å². The Morgan fingerprint density at radius 2 is 2.26 bits per heavy atom. The third-order valence-corrected chi connectivity index (χ3v) is 3.25. The van der Waals surface area contributed by atoms with Gasteiger partial charge in [0.2, 0.25) is 0 Å². The standard InChI is InChI=1S/C13H16FN3O2/c1-7-2-3-9(6-10(7)14)13(18)16-11(8-4-5-8)12(15)17-19/h2-3,6,8,11,19H,4-5H2,1H3,(H2,15,17)(H,16,18). The minimum atomic E-state index is -0.498. The van der Waals surface area contributed by atoms with E-state index in [-0.39, 0.29) is 17.3 Å². The molecule has 1 amide bonds. The first-order valence-electron chi connectivity index (χ1n) is 6.07. The molecule has 5 nitrogen and oxygen atoms in total. The zero-order valence-corrected chi connectivity index (χ0v) is 10.6. The van der Waals surface area contributed by atoms with Gasteiger partial charge < -0.3 is 16.3 Å². The summed E-state index contributed by atoms with van der Waals surface area (Å²) in [6.07, 6.45) is 1.84. The molecule has 0 radical (unpaired) electrons. The Balaban J connectivity index is 2.12. The average Bonchev–Trinajstić information content (AvgIpc) is 3.22. The van der Waals surface area contributed by atoms with Gasteiger partial charge in [-0.2, -0.15) is 0 Å². The molecule has 4 N–H and O–H groups in total. The van der Waals surface area contributed by atoms with Gasteiger partial charge in [0.1, 0.15) is 5.82 Å². The molecule has 102 valence electrons. The summed E-state index contributed by atoms with van der Waals surface area (Å²) in [5, 5.41) is 14.3. The molecular formula is C13H16FN3O2. The maximum absolute atomic E-state index is 13.4. The van der Waals surface area contributed by atoms with Gasteiger partial charge in [0, 0.05) is 5.56 Å². The van der Waals surface area contributed by atoms with E-state index < -0.39 is 17.8 Å². The molecule has 1 aliphatic rings. The number of nitrogens with zero attached hydrogens (tertiary/aromatic N) is 1. The lowest BCUT2D eigenvalue weighted by molar-refractivity contribution is 0.0942. The molecule has 0 saturated heterocycles. The Bertz CT molecular complexity index is 527. The second kappa shape index (κ2) is 5.26. The van der Waals surface area contributed by atoms with Gasteiger partial charge in [-0.25, -0.2) is 4.39 Å². The van der Waals surface area contributed by atoms with E-state index in [9.17, 15) is 9.18 Å². The lowest BCUT2D eigenvalue weighted by Crippen LogP contribution is -2.46. The summed E-state index contributed by atoms with van der Waals surface area (Å²) in [6, 6.07) is 3.77. The van der Waals surface area contributed by atoms with E-state index in [4.69, 9.17) is 10.9 Å². The van der Waals surface area contributed by atoms with Crippen LogP contribution in [0.25, 0.3) is 0 Å². The minimum absolute atomic E-state index is 0.0246. The lowest BCUT2D eigenvalue weighted by Gasteiger charge is -2.16. The third kappa shape index (κ3) is 3.01. The van der Waals surface area contributed by atoms with Crippen molar-refractivity contribution in [1.82, 2.24) is 5.32 Å². The summed E-state index contributed by atoms with van der Waals surface area (Å²) >= 11 is 0. The number of carbonyl (C=O) groups is 1. The predicted molar refractivity (Wildman–Crippen MR) is 68.5 cm³/mol. The largest absolute Gasteiger partial charge is 0.409 e. The number of aryl methyl sites for hydroxylation is 1. The van der Waals surface area contributed by atoms with Gasteiger partial charge in [0.15, 0.2) is 5.84 Å². The van der Waals surface area contributed by atoms with Gasteiger partial charge in [-0.15, -0.1) is 0 Å². The van der Waals surface area contributed by atoms with Crippen LogP contribution in [-0.4, -0.2) is 23.0 Å². The van der Waals surface area contributed by atoms with Crippen LogP contribution in [0.2, 0.25) is 0 Å². The van der Waals surface area contributed by atoms with Gasteiger partial charge in [-0.3, -0.25) is 4.79 Å². The fourth-order valence-electron chi connectivity index (χ4n) is 1.88. The molecule has 2 rings (SSSR count). The normalized spacial score (nSPS) is 17.1. The highest BCUT2D eigenvalue weighted by molar-refractivity contribution is 5.98. The Hall–Kier alpha value is -2.11. The van der Waals surface area contributed by atoms with Crippen molar-refractivity contribution >= 4 is 11.7 Å². The van der Waals surface area contributed by atoms with Gasteiger partial charge in [0.05, 0.1) is 6.04 Å². The number of oxime groups is 1. The van der Waals surface area contributed by atoms with Gasteiger partial charge in [-0.1, -0.05) is 11.2 Å². The monoisotopic (exact) mass is 265 g/mol. The molecule has 0 bridgehead atoms. The second-order valence-corrected chi connectivity index (χ2v) is 4.78. The zero-order chi connectivity index (χ0) is 14.0. The van der Waals surface area contributed by atoms with E-state index in [0.29, 0.717) is 5.56 Å². The summed E-state index contributed by atoms with van der Waals surface area (Å²) in [4.78, 5) is 12.0. The van der Waals surface area contributed by atoms with Crippen molar-refractivity contribution in [3.63, 3.8) is 0 Å². The highest BCUT2D eigenvalue weighted by Gasteiger charge is 2.35. The zero-order valence-electron chi connectivity index (χ0n) is 10.6. The third-order valence-electron chi connectivity index (χ3n) is 3.25. The molecule has 1 aromatic carbocycles. The van der Waals surface area contributed by atoms with Gasteiger partial charge in [0.25, 0.3) is 5.91 Å². The summed E-state index contributed by atoms with van der Waals surface area (Å²) in [7, 11) is 0. The quantitative estimate of drug-likeness (QED) is 0.333. The highest BCUT2D eigenvalue weighted by Crippen LogP contribution is 2.32. The fraction of sp³-hybridized carbons (Fsp3) is 0.385. The van der Waals surface area contributed by atoms with E-state index in [1.54, 1.807) is 19.1 Å². The van der Waals surface area contributed by atoms with Crippen LogP contribution in [-0.2, 0) is 0 Å². The number of halogens is 1. The molecule has 1 atom stereocenters. The molecule has 6 heteroatoms. The van der Waals surface area contributed by atoms with Crippen LogP contribution in [0.3, 0.4) is 0 Å². The first-order valence-corrected chi connectivity index (χ1v) is 6.07. The van der Waals surface area contributed by atoms with E-state index in [2.05, 4.69) is 10.5 Å². The number of hydrogen-bond acceptors (Lipinski definition) is 3. The SMILES string of the molecule is Cc1ccc(C(=O)NC(C(N)=NO)C2CC2)cc1F. The minimum Gasteiger partial charge on any atom is -0.409 e. The smallest absolute Gasteiger partial charge is 0.251 e. The van der Waals surface area contributed by atoms with Gasteiger partial charge >= 0.3 is 0 Å². The number of nitrogens with one attached hydrogen (secondary N) is 1. The molecule has 0 heterocycles. The summed E-state index contributed by atoms with van der Waals surface area (Å²) < 4.78 is 13.4. The van der Waals surface area contributed by atoms with Crippen LogP contribution in [0.15, 0.2) is 23.4 Å². The van der Waals surface area contributed by atoms with Crippen molar-refractivity contribution in [2.45, 2.75) is 25.8 Å². The lowest BCUT2D eigenvalue weighted by atomic mass is 10.1. The van der Waals surface area contributed by atoms with E-state index in [0.717, 1.165) is 12.8 Å². The van der Waals surface area contributed by atoms with Crippen LogP contribution < -0.4 is 11.1 Å². The Kier molecular flexibility index (Phi) is 3.69. The van der Waals surface area contributed by atoms with E-state index >= 15 is 0 Å². The first-order chi connectivity index (χ1) is 9.02. The van der Waals surface area contributed by atoms with Crippen LogP contribution in [0.1, 0.15) is 28.8 Å². The average molecular weight is 265 g/mol. The second-order valence-electron chi connectivity index (χ2n) is 4.78. The number of nitrogens with two attached hydrogens (primary N) is 1. The molecule has 1 aromatic rings. The van der Waals surface area contributed by atoms with Crippen LogP contribution in [0.5, 0.6) is 0 Å². The molecular weight excluding hydrogens is 249 g/mol. The molecule has 0 aromatic heterocycles. The van der Waals surface area contributed by atoms with Crippen molar-refractivity contribution in [1.29, 1.82) is 0 Å². The first kappa shape index (κ1) is 13.3. The van der Waals surface area contributed by atoms with Crippen LogP contribution >= 0.6 is 0 Å². The van der Waals surface area contributed by atoms with E-state index in [1.165, 1.54) is 6.07 Å². The predicted octanol–water partition coefficient (Wildman–Crippen LogP) is 1.39. The van der Waals surface area contributed by atoms with Crippen molar-refractivity contribution in [2.24, 2.45) is 16.8 Å². The fourth-order valence-corrected chi connectivity index (χ4v) is 1.88. The molecule has 1 unspecified atom stereocenters. The molecule has 1 fully saturated rings. The molecule has 0 aliphatic heterocycles. The maximum Gasteiger partial charge on any atom is 0.251 e. The maximum atomic E-state index is 13.4. The Morgan fingerprint density at radius 1 is 1.58 bits per heavy atom. The van der Waals surface area contributed by atoms with Crippen molar-refractivity contribution in [2.75, 3.05) is 0 Å². The number of carbonyl (C=O) groups excluding carboxylic acids is 1. The molecule has 19 heavy (non-hydrogen) atoms. The van der Waals surface area contributed by atoms with E-state index in [1.807, 2.05) is 0 Å². The Labute approximate surface area is 110 Å². The van der Waals surface area contributed by atoms with Crippen molar-refractivity contribution < 1.29 is 14.4 Å². The van der Waals surface area contributed by atoms with Crippen molar-refractivity contribution in [3.8, 4) is 0 Å².